The van der Waals surface area contributed by atoms with Crippen LogP contribution in [0.5, 0.6) is 0 Å². The molecular formula is C18H15F3N4O2. The molecule has 6 nitrogen and oxygen atoms in total. The van der Waals surface area contributed by atoms with Crippen LogP contribution in [0.25, 0.3) is 11.1 Å². The number of carbonyl (C=O) groups is 1. The second-order valence-corrected chi connectivity index (χ2v) is 5.74. The fourth-order valence-electron chi connectivity index (χ4n) is 2.51. The van der Waals surface area contributed by atoms with Gasteiger partial charge in [0.05, 0.1) is 23.9 Å². The minimum Gasteiger partial charge on any atom is -0.478 e. The van der Waals surface area contributed by atoms with Crippen LogP contribution in [0.2, 0.25) is 0 Å². The zero-order chi connectivity index (χ0) is 19.4. The highest BCUT2D eigenvalue weighted by Gasteiger charge is 2.27. The number of anilines is 2. The lowest BCUT2D eigenvalue weighted by molar-refractivity contribution is -0.137. The van der Waals surface area contributed by atoms with Gasteiger partial charge < -0.3 is 10.4 Å². The van der Waals surface area contributed by atoms with E-state index in [-0.39, 0.29) is 23.6 Å². The number of aromatic nitrogens is 3. The molecule has 2 heterocycles. The fraction of sp³-hybridized carbons (Fsp3) is 0.167. The van der Waals surface area contributed by atoms with Crippen molar-refractivity contribution in [1.82, 2.24) is 14.8 Å². The number of rotatable bonds is 6. The molecule has 0 saturated carbocycles. The summed E-state index contributed by atoms with van der Waals surface area (Å²) >= 11 is 0. The number of halogens is 3. The molecule has 1 aromatic carbocycles. The standard InChI is InChI=1S/C18H15F3N4O2/c19-18(20,21)7-9-25-11-14(12-4-2-1-3-5-12)16(24-25)23-15-10-22-8-6-13(15)17(26)27/h1-6,8,10-11H,7,9H2,(H,23,24)(H,26,27). The number of carboxylic acid groups (broad SMARTS) is 1. The van der Waals surface area contributed by atoms with E-state index in [1.165, 1.54) is 29.3 Å². The fourth-order valence-corrected chi connectivity index (χ4v) is 2.51. The number of nitrogens with one attached hydrogen (secondary N) is 1. The topological polar surface area (TPSA) is 80.0 Å². The van der Waals surface area contributed by atoms with E-state index < -0.39 is 18.6 Å². The molecule has 27 heavy (non-hydrogen) atoms. The van der Waals surface area contributed by atoms with Crippen molar-refractivity contribution in [2.45, 2.75) is 19.1 Å². The minimum atomic E-state index is -4.30. The monoisotopic (exact) mass is 376 g/mol. The summed E-state index contributed by atoms with van der Waals surface area (Å²) in [6.45, 7) is -0.343. The number of nitrogens with zero attached hydrogens (tertiary/aromatic N) is 3. The van der Waals surface area contributed by atoms with Gasteiger partial charge in [0, 0.05) is 24.5 Å². The van der Waals surface area contributed by atoms with Gasteiger partial charge in [-0.2, -0.15) is 18.3 Å². The first-order valence-electron chi connectivity index (χ1n) is 7.97. The molecule has 9 heteroatoms. The summed E-state index contributed by atoms with van der Waals surface area (Å²) in [7, 11) is 0. The number of aromatic carboxylic acids is 1. The number of carboxylic acids is 1. The number of hydrogen-bond donors (Lipinski definition) is 2. The highest BCUT2D eigenvalue weighted by molar-refractivity contribution is 5.95. The second-order valence-electron chi connectivity index (χ2n) is 5.74. The van der Waals surface area contributed by atoms with Crippen molar-refractivity contribution in [2.75, 3.05) is 5.32 Å². The van der Waals surface area contributed by atoms with Gasteiger partial charge in [0.1, 0.15) is 0 Å². The van der Waals surface area contributed by atoms with E-state index >= 15 is 0 Å². The predicted octanol–water partition coefficient (Wildman–Crippen LogP) is 4.34. The summed E-state index contributed by atoms with van der Waals surface area (Å²) in [5.41, 5.74) is 1.47. The minimum absolute atomic E-state index is 0.0196. The molecule has 0 saturated heterocycles. The Morgan fingerprint density at radius 3 is 2.59 bits per heavy atom. The van der Waals surface area contributed by atoms with Gasteiger partial charge in [-0.1, -0.05) is 30.3 Å². The molecule has 0 atom stereocenters. The van der Waals surface area contributed by atoms with Gasteiger partial charge in [-0.15, -0.1) is 0 Å². The molecule has 3 aromatic rings. The van der Waals surface area contributed by atoms with Crippen LogP contribution in [0, 0.1) is 0 Å². The molecule has 0 aliphatic carbocycles. The Labute approximate surface area is 152 Å². The molecule has 0 spiro atoms. The molecule has 0 fully saturated rings. The van der Waals surface area contributed by atoms with Gasteiger partial charge in [-0.3, -0.25) is 9.67 Å². The molecular weight excluding hydrogens is 361 g/mol. The number of pyridine rings is 1. The smallest absolute Gasteiger partial charge is 0.390 e. The lowest BCUT2D eigenvalue weighted by Crippen LogP contribution is -2.12. The summed E-state index contributed by atoms with van der Waals surface area (Å²) in [4.78, 5) is 15.3. The Morgan fingerprint density at radius 1 is 1.19 bits per heavy atom. The number of aryl methyl sites for hydroxylation is 1. The summed E-state index contributed by atoms with van der Waals surface area (Å²) in [6, 6.07) is 10.3. The van der Waals surface area contributed by atoms with E-state index in [0.29, 0.717) is 5.56 Å². The van der Waals surface area contributed by atoms with Crippen LogP contribution in [-0.4, -0.2) is 32.0 Å². The normalized spacial score (nSPS) is 11.4. The molecule has 0 radical (unpaired) electrons. The SMILES string of the molecule is O=C(O)c1ccncc1Nc1nn(CCC(F)(F)F)cc1-c1ccccc1. The van der Waals surface area contributed by atoms with Crippen LogP contribution in [0.15, 0.2) is 55.0 Å². The maximum Gasteiger partial charge on any atom is 0.390 e. The third kappa shape index (κ3) is 4.63. The van der Waals surface area contributed by atoms with Gasteiger partial charge in [0.25, 0.3) is 0 Å². The zero-order valence-electron chi connectivity index (χ0n) is 13.9. The summed E-state index contributed by atoms with van der Waals surface area (Å²) in [5.74, 6) is -0.906. The molecule has 2 aromatic heterocycles. The van der Waals surface area contributed by atoms with Crippen LogP contribution < -0.4 is 5.32 Å². The summed E-state index contributed by atoms with van der Waals surface area (Å²) in [5, 5.41) is 16.3. The van der Waals surface area contributed by atoms with Gasteiger partial charge in [-0.25, -0.2) is 4.79 Å². The van der Waals surface area contributed by atoms with Gasteiger partial charge in [0.15, 0.2) is 5.82 Å². The largest absolute Gasteiger partial charge is 0.478 e. The van der Waals surface area contributed by atoms with Crippen molar-refractivity contribution in [3.8, 4) is 11.1 Å². The quantitative estimate of drug-likeness (QED) is 0.669. The molecule has 0 aliphatic rings. The third-order valence-electron chi connectivity index (χ3n) is 3.78. The Hall–Kier alpha value is -3.36. The number of benzene rings is 1. The van der Waals surface area contributed by atoms with E-state index in [2.05, 4.69) is 15.4 Å². The van der Waals surface area contributed by atoms with Crippen molar-refractivity contribution in [2.24, 2.45) is 0 Å². The molecule has 2 N–H and O–H groups in total. The number of alkyl halides is 3. The average Bonchev–Trinajstić information content (AvgIpc) is 3.03. The Bertz CT molecular complexity index is 939. The molecule has 3 rings (SSSR count). The molecule has 0 amide bonds. The predicted molar refractivity (Wildman–Crippen MR) is 92.8 cm³/mol. The van der Waals surface area contributed by atoms with Crippen molar-refractivity contribution in [3.63, 3.8) is 0 Å². The molecule has 0 unspecified atom stereocenters. The van der Waals surface area contributed by atoms with E-state index in [9.17, 15) is 23.1 Å². The van der Waals surface area contributed by atoms with E-state index in [0.717, 1.165) is 5.56 Å². The lowest BCUT2D eigenvalue weighted by atomic mass is 10.1. The first kappa shape index (κ1) is 18.4. The maximum atomic E-state index is 12.5. The Balaban J connectivity index is 1.98. The third-order valence-corrected chi connectivity index (χ3v) is 3.78. The second kappa shape index (κ2) is 7.48. The number of hydrogen-bond acceptors (Lipinski definition) is 4. The highest BCUT2D eigenvalue weighted by atomic mass is 19.4. The van der Waals surface area contributed by atoms with Crippen LogP contribution in [0.1, 0.15) is 16.8 Å². The van der Waals surface area contributed by atoms with E-state index in [1.807, 2.05) is 6.07 Å². The molecule has 0 bridgehead atoms. The highest BCUT2D eigenvalue weighted by Crippen LogP contribution is 2.31. The van der Waals surface area contributed by atoms with Crippen LogP contribution >= 0.6 is 0 Å². The van der Waals surface area contributed by atoms with Crippen molar-refractivity contribution in [3.05, 3.63) is 60.6 Å². The first-order valence-corrected chi connectivity index (χ1v) is 7.97. The van der Waals surface area contributed by atoms with Gasteiger partial charge in [-0.05, 0) is 11.6 Å². The van der Waals surface area contributed by atoms with Crippen molar-refractivity contribution in [1.29, 1.82) is 0 Å². The van der Waals surface area contributed by atoms with Crippen LogP contribution in [-0.2, 0) is 6.54 Å². The average molecular weight is 376 g/mol. The lowest BCUT2D eigenvalue weighted by Gasteiger charge is -2.08. The first-order chi connectivity index (χ1) is 12.8. The van der Waals surface area contributed by atoms with Gasteiger partial charge in [0.2, 0.25) is 0 Å². The summed E-state index contributed by atoms with van der Waals surface area (Å²) < 4.78 is 38.8. The van der Waals surface area contributed by atoms with E-state index in [4.69, 9.17) is 0 Å². The zero-order valence-corrected chi connectivity index (χ0v) is 13.9. The van der Waals surface area contributed by atoms with Gasteiger partial charge >= 0.3 is 12.1 Å². The molecule has 0 aliphatic heterocycles. The van der Waals surface area contributed by atoms with Crippen LogP contribution in [0.3, 0.4) is 0 Å². The van der Waals surface area contributed by atoms with Crippen molar-refractivity contribution < 1.29 is 23.1 Å². The Morgan fingerprint density at radius 2 is 1.93 bits per heavy atom. The van der Waals surface area contributed by atoms with E-state index in [1.54, 1.807) is 24.3 Å². The molecule has 140 valence electrons. The van der Waals surface area contributed by atoms with Crippen LogP contribution in [0.4, 0.5) is 24.7 Å². The summed E-state index contributed by atoms with van der Waals surface area (Å²) in [6.07, 6.45) is -1.15. The maximum absolute atomic E-state index is 12.5. The Kier molecular flexibility index (Phi) is 5.11. The van der Waals surface area contributed by atoms with Crippen molar-refractivity contribution >= 4 is 17.5 Å².